The quantitative estimate of drug-likeness (QED) is 0.420. The van der Waals surface area contributed by atoms with Gasteiger partial charge in [-0.2, -0.15) is 5.10 Å². The van der Waals surface area contributed by atoms with Crippen molar-refractivity contribution in [2.24, 2.45) is 5.10 Å². The van der Waals surface area contributed by atoms with Crippen LogP contribution in [0.1, 0.15) is 15.9 Å². The molecule has 1 aliphatic heterocycles. The summed E-state index contributed by atoms with van der Waals surface area (Å²) < 4.78 is 0.878. The molecule has 1 atom stereocenters. The van der Waals surface area contributed by atoms with Crippen molar-refractivity contribution in [1.82, 2.24) is 21.6 Å². The van der Waals surface area contributed by atoms with Gasteiger partial charge in [-0.3, -0.25) is 20.3 Å². The molecule has 3 rings (SSSR count). The molecule has 3 amide bonds. The first kappa shape index (κ1) is 18.5. The lowest BCUT2D eigenvalue weighted by Gasteiger charge is -2.25. The molecule has 1 unspecified atom stereocenters. The van der Waals surface area contributed by atoms with Gasteiger partial charge < -0.3 is 5.32 Å². The van der Waals surface area contributed by atoms with Crippen molar-refractivity contribution in [3.05, 3.63) is 74.2 Å². The molecule has 0 radical (unpaired) electrons. The van der Waals surface area contributed by atoms with E-state index in [-0.39, 0.29) is 11.3 Å². The average Bonchev–Trinajstić information content (AvgIpc) is 2.67. The Labute approximate surface area is 161 Å². The number of nitrogens with one attached hydrogen (secondary N) is 4. The molecule has 0 saturated carbocycles. The number of non-ortho nitro benzene ring substituents is 1. The smallest absolute Gasteiger partial charge is 0.314 e. The maximum absolute atomic E-state index is 12.3. The van der Waals surface area contributed by atoms with Gasteiger partial charge in [-0.15, -0.1) is 0 Å². The molecular weight excluding hydrogens is 420 g/mol. The molecule has 2 aromatic rings. The maximum Gasteiger partial charge on any atom is 0.336 e. The van der Waals surface area contributed by atoms with Crippen LogP contribution in [-0.2, 0) is 0 Å². The number of nitro groups is 1. The van der Waals surface area contributed by atoms with Crippen LogP contribution in [0.4, 0.5) is 10.5 Å². The highest BCUT2D eigenvalue weighted by atomic mass is 79.9. The summed E-state index contributed by atoms with van der Waals surface area (Å²) in [4.78, 5) is 34.1. The zero-order valence-electron chi connectivity index (χ0n) is 13.6. The Morgan fingerprint density at radius 3 is 2.67 bits per heavy atom. The number of hydrazone groups is 1. The number of benzene rings is 2. The number of nitro benzene ring substituents is 1. The van der Waals surface area contributed by atoms with E-state index in [1.807, 2.05) is 12.1 Å². The van der Waals surface area contributed by atoms with Crippen LogP contribution < -0.4 is 21.6 Å². The predicted octanol–water partition coefficient (Wildman–Crippen LogP) is 1.63. The van der Waals surface area contributed by atoms with E-state index in [1.165, 1.54) is 18.2 Å². The zero-order valence-corrected chi connectivity index (χ0v) is 15.2. The molecule has 138 valence electrons. The van der Waals surface area contributed by atoms with Crippen molar-refractivity contribution < 1.29 is 14.5 Å². The molecule has 1 heterocycles. The van der Waals surface area contributed by atoms with E-state index in [0.717, 1.165) is 10.5 Å². The highest BCUT2D eigenvalue weighted by molar-refractivity contribution is 9.10. The van der Waals surface area contributed by atoms with E-state index in [9.17, 15) is 19.7 Å². The Morgan fingerprint density at radius 1 is 1.22 bits per heavy atom. The molecule has 0 spiro atoms. The first-order chi connectivity index (χ1) is 12.9. The third-order valence-electron chi connectivity index (χ3n) is 3.62. The SMILES string of the molecule is O=C1NN=C(c2ccc(Br)cc2)C(NNC(=O)c2cccc([N+](=O)[O-])c2)N1. The van der Waals surface area contributed by atoms with Crippen LogP contribution in [0, 0.1) is 10.1 Å². The molecule has 11 heteroatoms. The molecule has 0 aromatic heterocycles. The van der Waals surface area contributed by atoms with E-state index in [2.05, 4.69) is 42.6 Å². The Hall–Kier alpha value is -3.31. The van der Waals surface area contributed by atoms with Gasteiger partial charge in [0.2, 0.25) is 0 Å². The number of amides is 3. The largest absolute Gasteiger partial charge is 0.336 e. The molecule has 0 saturated heterocycles. The minimum atomic E-state index is -0.803. The number of carbonyl (C=O) groups excluding carboxylic acids is 2. The summed E-state index contributed by atoms with van der Waals surface area (Å²) in [6, 6.07) is 12.0. The van der Waals surface area contributed by atoms with Gasteiger partial charge in [-0.25, -0.2) is 15.6 Å². The fraction of sp³-hybridized carbons (Fsp3) is 0.0625. The Morgan fingerprint density at radius 2 is 1.96 bits per heavy atom. The molecule has 10 nitrogen and oxygen atoms in total. The molecule has 0 bridgehead atoms. The van der Waals surface area contributed by atoms with Crippen LogP contribution in [-0.4, -0.2) is 28.7 Å². The number of hydrazine groups is 1. The third kappa shape index (κ3) is 4.46. The number of rotatable bonds is 5. The molecule has 4 N–H and O–H groups in total. The minimum absolute atomic E-state index is 0.0964. The summed E-state index contributed by atoms with van der Waals surface area (Å²) in [6.07, 6.45) is -0.803. The van der Waals surface area contributed by atoms with Gasteiger partial charge in [0.05, 0.1) is 4.92 Å². The average molecular weight is 433 g/mol. The summed E-state index contributed by atoms with van der Waals surface area (Å²) >= 11 is 3.34. The molecule has 0 aliphatic carbocycles. The second-order valence-electron chi connectivity index (χ2n) is 5.43. The van der Waals surface area contributed by atoms with Gasteiger partial charge in [-0.1, -0.05) is 34.1 Å². The number of hydrogen-bond acceptors (Lipinski definition) is 6. The van der Waals surface area contributed by atoms with Crippen molar-refractivity contribution in [1.29, 1.82) is 0 Å². The highest BCUT2D eigenvalue weighted by Gasteiger charge is 2.25. The lowest BCUT2D eigenvalue weighted by Crippen LogP contribution is -2.61. The first-order valence-electron chi connectivity index (χ1n) is 7.64. The Bertz CT molecular complexity index is 931. The van der Waals surface area contributed by atoms with Crippen molar-refractivity contribution in [2.75, 3.05) is 0 Å². The van der Waals surface area contributed by atoms with Gasteiger partial charge in [0, 0.05) is 27.7 Å². The molecule has 27 heavy (non-hydrogen) atoms. The van der Waals surface area contributed by atoms with Crippen LogP contribution in [0.15, 0.2) is 58.1 Å². The van der Waals surface area contributed by atoms with Gasteiger partial charge >= 0.3 is 6.03 Å². The number of hydrogen-bond donors (Lipinski definition) is 4. The molecule has 0 fully saturated rings. The summed E-state index contributed by atoms with van der Waals surface area (Å²) in [5, 5.41) is 17.4. The van der Waals surface area contributed by atoms with Crippen molar-refractivity contribution >= 4 is 39.3 Å². The lowest BCUT2D eigenvalue weighted by atomic mass is 10.1. The second kappa shape index (κ2) is 7.93. The first-order valence-corrected chi connectivity index (χ1v) is 8.43. The molecule has 2 aromatic carbocycles. The Balaban J connectivity index is 1.73. The van der Waals surface area contributed by atoms with Crippen LogP contribution >= 0.6 is 15.9 Å². The second-order valence-corrected chi connectivity index (χ2v) is 6.34. The van der Waals surface area contributed by atoms with E-state index >= 15 is 0 Å². The van der Waals surface area contributed by atoms with Crippen molar-refractivity contribution in [3.63, 3.8) is 0 Å². The Kier molecular flexibility index (Phi) is 5.43. The number of halogens is 1. The van der Waals surface area contributed by atoms with Crippen LogP contribution in [0.5, 0.6) is 0 Å². The minimum Gasteiger partial charge on any atom is -0.314 e. The predicted molar refractivity (Wildman–Crippen MR) is 99.8 cm³/mol. The van der Waals surface area contributed by atoms with Crippen LogP contribution in [0.2, 0.25) is 0 Å². The summed E-state index contributed by atoms with van der Waals surface area (Å²) in [7, 11) is 0. The van der Waals surface area contributed by atoms with E-state index in [4.69, 9.17) is 0 Å². The van der Waals surface area contributed by atoms with Crippen molar-refractivity contribution in [2.45, 2.75) is 6.17 Å². The van der Waals surface area contributed by atoms with Gasteiger partial charge in [0.1, 0.15) is 11.9 Å². The standard InChI is InChI=1S/C16H13BrN6O4/c17-11-6-4-9(5-7-11)13-14(18-16(25)22-19-13)20-21-15(24)10-2-1-3-12(8-10)23(26)27/h1-8,14,20H,(H,21,24)(H2,18,22,25). The van der Waals surface area contributed by atoms with Gasteiger partial charge in [-0.05, 0) is 18.2 Å². The van der Waals surface area contributed by atoms with Gasteiger partial charge in [0.15, 0.2) is 0 Å². The molecular formula is C16H13BrN6O4. The number of nitrogens with zero attached hydrogens (tertiary/aromatic N) is 2. The number of urea groups is 1. The lowest BCUT2D eigenvalue weighted by molar-refractivity contribution is -0.384. The highest BCUT2D eigenvalue weighted by Crippen LogP contribution is 2.14. The third-order valence-corrected chi connectivity index (χ3v) is 4.14. The zero-order chi connectivity index (χ0) is 19.4. The van der Waals surface area contributed by atoms with Crippen LogP contribution in [0.3, 0.4) is 0 Å². The summed E-state index contributed by atoms with van der Waals surface area (Å²) in [5.74, 6) is -0.596. The monoisotopic (exact) mass is 432 g/mol. The fourth-order valence-electron chi connectivity index (χ4n) is 2.33. The fourth-order valence-corrected chi connectivity index (χ4v) is 2.60. The van der Waals surface area contributed by atoms with E-state index < -0.39 is 23.0 Å². The van der Waals surface area contributed by atoms with E-state index in [0.29, 0.717) is 11.3 Å². The van der Waals surface area contributed by atoms with Crippen molar-refractivity contribution in [3.8, 4) is 0 Å². The maximum atomic E-state index is 12.3. The van der Waals surface area contributed by atoms with Gasteiger partial charge in [0.25, 0.3) is 11.6 Å². The summed E-state index contributed by atoms with van der Waals surface area (Å²) in [5.41, 5.74) is 8.47. The summed E-state index contributed by atoms with van der Waals surface area (Å²) in [6.45, 7) is 0. The topological polar surface area (TPSA) is 138 Å². The normalized spacial score (nSPS) is 16.0. The van der Waals surface area contributed by atoms with Crippen LogP contribution in [0.25, 0.3) is 0 Å². The van der Waals surface area contributed by atoms with E-state index in [1.54, 1.807) is 12.1 Å². The molecule has 1 aliphatic rings. The number of carbonyl (C=O) groups is 2.